The average molecular weight is 466 g/mol. The normalized spacial score (nSPS) is 12.8. The SMILES string of the molecule is CC(C)(O)c1ccc(C(Cc2ccc(=O)[nH]c2)c2ccc(OC(F)F)c(OC(F)F)c2)cn1. The minimum absolute atomic E-state index is 0.285. The molecule has 0 spiro atoms. The van der Waals surface area contributed by atoms with Gasteiger partial charge in [-0.05, 0) is 55.2 Å². The van der Waals surface area contributed by atoms with Gasteiger partial charge in [0.1, 0.15) is 5.60 Å². The molecule has 0 radical (unpaired) electrons. The van der Waals surface area contributed by atoms with Gasteiger partial charge in [-0.25, -0.2) is 0 Å². The molecule has 0 aliphatic rings. The van der Waals surface area contributed by atoms with Gasteiger partial charge < -0.3 is 19.6 Å². The Bertz CT molecular complexity index is 1110. The molecule has 3 aromatic rings. The summed E-state index contributed by atoms with van der Waals surface area (Å²) in [6.45, 7) is -3.29. The zero-order valence-electron chi connectivity index (χ0n) is 17.8. The fraction of sp³-hybridized carbons (Fsp3) is 0.304. The van der Waals surface area contributed by atoms with Gasteiger partial charge in [0.25, 0.3) is 0 Å². The van der Waals surface area contributed by atoms with Gasteiger partial charge >= 0.3 is 13.2 Å². The Labute approximate surface area is 186 Å². The van der Waals surface area contributed by atoms with Gasteiger partial charge in [-0.1, -0.05) is 18.2 Å². The molecular formula is C23H22F4N2O4. The van der Waals surface area contributed by atoms with Gasteiger partial charge in [-0.15, -0.1) is 0 Å². The van der Waals surface area contributed by atoms with Gasteiger partial charge in [0.05, 0.1) is 5.69 Å². The molecule has 1 aromatic carbocycles. The number of aromatic nitrogens is 2. The Kier molecular flexibility index (Phi) is 7.37. The van der Waals surface area contributed by atoms with E-state index in [1.165, 1.54) is 24.4 Å². The number of alkyl halides is 4. The van der Waals surface area contributed by atoms with Crippen LogP contribution in [0.1, 0.15) is 42.1 Å². The van der Waals surface area contributed by atoms with Gasteiger partial charge in [0, 0.05) is 24.4 Å². The predicted molar refractivity (Wildman–Crippen MR) is 112 cm³/mol. The second kappa shape index (κ2) is 10.0. The summed E-state index contributed by atoms with van der Waals surface area (Å²) in [5, 5.41) is 10.2. The smallest absolute Gasteiger partial charge is 0.387 e. The monoisotopic (exact) mass is 466 g/mol. The van der Waals surface area contributed by atoms with Crippen LogP contribution in [0.4, 0.5) is 17.6 Å². The fourth-order valence-electron chi connectivity index (χ4n) is 3.33. The molecule has 176 valence electrons. The molecule has 3 rings (SSSR count). The lowest BCUT2D eigenvalue weighted by atomic mass is 9.86. The first kappa shape index (κ1) is 24.2. The zero-order chi connectivity index (χ0) is 24.2. The second-order valence-electron chi connectivity index (χ2n) is 7.82. The van der Waals surface area contributed by atoms with Crippen molar-refractivity contribution in [1.29, 1.82) is 0 Å². The van der Waals surface area contributed by atoms with Crippen LogP contribution in [0.3, 0.4) is 0 Å². The number of H-pyrrole nitrogens is 1. The van der Waals surface area contributed by atoms with Crippen LogP contribution < -0.4 is 15.0 Å². The Morgan fingerprint density at radius 1 is 0.970 bits per heavy atom. The summed E-state index contributed by atoms with van der Waals surface area (Å²) in [6, 6.07) is 10.2. The quantitative estimate of drug-likeness (QED) is 0.451. The predicted octanol–water partition coefficient (Wildman–Crippen LogP) is 4.57. The average Bonchev–Trinajstić information content (AvgIpc) is 2.73. The van der Waals surface area contributed by atoms with E-state index in [4.69, 9.17) is 0 Å². The van der Waals surface area contributed by atoms with Crippen molar-refractivity contribution in [2.75, 3.05) is 0 Å². The molecule has 0 bridgehead atoms. The molecule has 33 heavy (non-hydrogen) atoms. The van der Waals surface area contributed by atoms with Crippen molar-refractivity contribution in [3.05, 3.63) is 87.6 Å². The van der Waals surface area contributed by atoms with Crippen molar-refractivity contribution in [3.63, 3.8) is 0 Å². The maximum Gasteiger partial charge on any atom is 0.387 e. The maximum atomic E-state index is 12.9. The van der Waals surface area contributed by atoms with Crippen molar-refractivity contribution in [1.82, 2.24) is 9.97 Å². The van der Waals surface area contributed by atoms with E-state index in [0.717, 1.165) is 11.6 Å². The van der Waals surface area contributed by atoms with Crippen LogP contribution in [0.2, 0.25) is 0 Å². The standard InChI is InChI=1S/C23H22F4N2O4/c1-23(2,31)19-7-5-15(12-28-19)16(9-13-3-8-20(30)29-11-13)14-4-6-17(32-21(24)25)18(10-14)33-22(26)27/h3-8,10-12,16,21-22,31H,9H2,1-2H3,(H,29,30). The number of ether oxygens (including phenoxy) is 2. The number of aromatic amines is 1. The summed E-state index contributed by atoms with van der Waals surface area (Å²) in [5.41, 5.74) is 0.843. The lowest BCUT2D eigenvalue weighted by Crippen LogP contribution is -2.18. The highest BCUT2D eigenvalue weighted by Gasteiger charge is 2.23. The number of nitrogens with one attached hydrogen (secondary N) is 1. The summed E-state index contributed by atoms with van der Waals surface area (Å²) < 4.78 is 59.9. The molecule has 0 fully saturated rings. The molecule has 0 saturated carbocycles. The zero-order valence-corrected chi connectivity index (χ0v) is 17.8. The van der Waals surface area contributed by atoms with Crippen molar-refractivity contribution in [2.45, 2.75) is 45.0 Å². The minimum Gasteiger partial charge on any atom is -0.431 e. The van der Waals surface area contributed by atoms with Crippen LogP contribution >= 0.6 is 0 Å². The fourth-order valence-corrected chi connectivity index (χ4v) is 3.33. The van der Waals surface area contributed by atoms with E-state index in [0.29, 0.717) is 23.2 Å². The van der Waals surface area contributed by atoms with Crippen LogP contribution in [-0.2, 0) is 12.0 Å². The van der Waals surface area contributed by atoms with Gasteiger partial charge in [-0.2, -0.15) is 17.6 Å². The topological polar surface area (TPSA) is 84.4 Å². The molecule has 6 nitrogen and oxygen atoms in total. The first-order valence-electron chi connectivity index (χ1n) is 9.93. The first-order chi connectivity index (χ1) is 15.5. The third kappa shape index (κ3) is 6.55. The highest BCUT2D eigenvalue weighted by Crippen LogP contribution is 2.37. The third-order valence-corrected chi connectivity index (χ3v) is 4.91. The molecule has 2 aromatic heterocycles. The number of halogens is 4. The Morgan fingerprint density at radius 3 is 2.18 bits per heavy atom. The van der Waals surface area contributed by atoms with Crippen LogP contribution in [-0.4, -0.2) is 28.3 Å². The Morgan fingerprint density at radius 2 is 1.64 bits per heavy atom. The van der Waals surface area contributed by atoms with Crippen LogP contribution in [0.25, 0.3) is 0 Å². The summed E-state index contributed by atoms with van der Waals surface area (Å²) >= 11 is 0. The van der Waals surface area contributed by atoms with Crippen molar-refractivity contribution in [3.8, 4) is 11.5 Å². The molecule has 1 atom stereocenters. The van der Waals surface area contributed by atoms with Crippen LogP contribution in [0.5, 0.6) is 11.5 Å². The van der Waals surface area contributed by atoms with Crippen LogP contribution in [0.15, 0.2) is 59.7 Å². The van der Waals surface area contributed by atoms with E-state index in [-0.39, 0.29) is 5.56 Å². The minimum atomic E-state index is -3.24. The number of rotatable bonds is 9. The second-order valence-corrected chi connectivity index (χ2v) is 7.82. The summed E-state index contributed by atoms with van der Waals surface area (Å²) in [7, 11) is 0. The molecule has 2 N–H and O–H groups in total. The first-order valence-corrected chi connectivity index (χ1v) is 9.93. The number of pyridine rings is 2. The van der Waals surface area contributed by atoms with E-state index < -0.39 is 36.2 Å². The Balaban J connectivity index is 2.06. The maximum absolute atomic E-state index is 12.9. The van der Waals surface area contributed by atoms with Crippen molar-refractivity contribution < 1.29 is 32.1 Å². The molecule has 0 saturated heterocycles. The highest BCUT2D eigenvalue weighted by molar-refractivity contribution is 5.46. The number of nitrogens with zero attached hydrogens (tertiary/aromatic N) is 1. The van der Waals surface area contributed by atoms with Gasteiger partial charge in [-0.3, -0.25) is 9.78 Å². The molecular weight excluding hydrogens is 444 g/mol. The van der Waals surface area contributed by atoms with E-state index in [1.807, 2.05) is 0 Å². The molecule has 0 aliphatic carbocycles. The number of aliphatic hydroxyl groups is 1. The summed E-state index contributed by atoms with van der Waals surface area (Å²) in [6.07, 6.45) is 3.39. The van der Waals surface area contributed by atoms with Crippen molar-refractivity contribution >= 4 is 0 Å². The molecule has 0 amide bonds. The Hall–Kier alpha value is -3.40. The lowest BCUT2D eigenvalue weighted by Gasteiger charge is -2.22. The largest absolute Gasteiger partial charge is 0.431 e. The van der Waals surface area contributed by atoms with Gasteiger partial charge in [0.2, 0.25) is 5.56 Å². The van der Waals surface area contributed by atoms with E-state index in [1.54, 1.807) is 38.2 Å². The molecule has 1 unspecified atom stereocenters. The lowest BCUT2D eigenvalue weighted by molar-refractivity contribution is -0.0692. The molecule has 2 heterocycles. The summed E-state index contributed by atoms with van der Waals surface area (Å²) in [4.78, 5) is 18.3. The highest BCUT2D eigenvalue weighted by atomic mass is 19.3. The van der Waals surface area contributed by atoms with E-state index >= 15 is 0 Å². The number of hydrogen-bond donors (Lipinski definition) is 2. The van der Waals surface area contributed by atoms with Crippen LogP contribution in [0, 0.1) is 0 Å². The van der Waals surface area contributed by atoms with Crippen molar-refractivity contribution in [2.24, 2.45) is 0 Å². The van der Waals surface area contributed by atoms with Gasteiger partial charge in [0.15, 0.2) is 11.5 Å². The number of hydrogen-bond acceptors (Lipinski definition) is 5. The summed E-state index contributed by atoms with van der Waals surface area (Å²) in [5.74, 6) is -1.53. The van der Waals surface area contributed by atoms with E-state index in [9.17, 15) is 27.5 Å². The number of benzene rings is 1. The molecule has 10 heteroatoms. The molecule has 0 aliphatic heterocycles. The van der Waals surface area contributed by atoms with E-state index in [2.05, 4.69) is 19.4 Å². The third-order valence-electron chi connectivity index (χ3n) is 4.91.